The lowest BCUT2D eigenvalue weighted by atomic mass is 9.98. The van der Waals surface area contributed by atoms with Crippen LogP contribution in [0.1, 0.15) is 12.8 Å². The van der Waals surface area contributed by atoms with Gasteiger partial charge in [0.25, 0.3) is 9.84 Å². The number of alkyl halides is 4. The van der Waals surface area contributed by atoms with Gasteiger partial charge in [-0.2, -0.15) is 13.2 Å². The zero-order valence-corrected chi connectivity index (χ0v) is 12.7. The van der Waals surface area contributed by atoms with Crippen LogP contribution in [0.5, 0.6) is 0 Å². The van der Waals surface area contributed by atoms with Gasteiger partial charge in [0.1, 0.15) is 0 Å². The van der Waals surface area contributed by atoms with Crippen LogP contribution in [0.15, 0.2) is 29.2 Å². The Morgan fingerprint density at radius 2 is 1.76 bits per heavy atom. The smallest absolute Gasteiger partial charge is 0.370 e. The van der Waals surface area contributed by atoms with Crippen molar-refractivity contribution < 1.29 is 21.6 Å². The third kappa shape index (κ3) is 3.29. The molecule has 1 heterocycles. The molecule has 3 nitrogen and oxygen atoms in total. The molecule has 118 valence electrons. The fourth-order valence-electron chi connectivity index (χ4n) is 2.40. The van der Waals surface area contributed by atoms with Gasteiger partial charge in [-0.25, -0.2) is 8.42 Å². The van der Waals surface area contributed by atoms with Crippen LogP contribution in [0, 0.1) is 5.92 Å². The van der Waals surface area contributed by atoms with Crippen molar-refractivity contribution in [2.24, 2.45) is 5.92 Å². The SMILES string of the molecule is O=S(=O)(c1ccccc1N1CCC(CCl)CC1)C(F)(F)F. The summed E-state index contributed by atoms with van der Waals surface area (Å²) in [6.07, 6.45) is 1.48. The first-order chi connectivity index (χ1) is 9.77. The number of sulfone groups is 1. The second kappa shape index (κ2) is 6.04. The molecule has 0 radical (unpaired) electrons. The summed E-state index contributed by atoms with van der Waals surface area (Å²) in [7, 11) is -5.34. The fraction of sp³-hybridized carbons (Fsp3) is 0.538. The van der Waals surface area contributed by atoms with E-state index in [1.165, 1.54) is 12.1 Å². The van der Waals surface area contributed by atoms with E-state index in [2.05, 4.69) is 0 Å². The van der Waals surface area contributed by atoms with Crippen LogP contribution in [0.4, 0.5) is 18.9 Å². The summed E-state index contributed by atoms with van der Waals surface area (Å²) in [4.78, 5) is 1.00. The molecular formula is C13H15ClF3NO2S. The Morgan fingerprint density at radius 1 is 1.19 bits per heavy atom. The molecule has 1 aliphatic heterocycles. The number of nitrogens with zero attached hydrogens (tertiary/aromatic N) is 1. The van der Waals surface area contributed by atoms with Gasteiger partial charge in [-0.1, -0.05) is 12.1 Å². The van der Waals surface area contributed by atoms with E-state index in [9.17, 15) is 21.6 Å². The molecule has 0 bridgehead atoms. The molecule has 0 saturated carbocycles. The van der Waals surface area contributed by atoms with Gasteiger partial charge in [0.2, 0.25) is 0 Å². The van der Waals surface area contributed by atoms with Crippen molar-refractivity contribution >= 4 is 27.1 Å². The Balaban J connectivity index is 2.35. The molecule has 21 heavy (non-hydrogen) atoms. The van der Waals surface area contributed by atoms with Gasteiger partial charge in [0, 0.05) is 19.0 Å². The number of hydrogen-bond donors (Lipinski definition) is 0. The average Bonchev–Trinajstić information content (AvgIpc) is 2.46. The number of halogens is 4. The number of para-hydroxylation sites is 1. The third-order valence-corrected chi connectivity index (χ3v) is 5.60. The van der Waals surface area contributed by atoms with Gasteiger partial charge in [-0.05, 0) is 30.9 Å². The van der Waals surface area contributed by atoms with Crippen molar-refractivity contribution in [3.63, 3.8) is 0 Å². The largest absolute Gasteiger partial charge is 0.501 e. The Bertz CT molecular complexity index is 596. The second-order valence-electron chi connectivity index (χ2n) is 5.00. The molecule has 0 spiro atoms. The van der Waals surface area contributed by atoms with Crippen LogP contribution in [0.2, 0.25) is 0 Å². The van der Waals surface area contributed by atoms with Crippen molar-refractivity contribution in [1.29, 1.82) is 0 Å². The molecule has 0 aliphatic carbocycles. The maximum absolute atomic E-state index is 12.8. The van der Waals surface area contributed by atoms with Gasteiger partial charge in [-0.3, -0.25) is 0 Å². The molecule has 8 heteroatoms. The zero-order valence-electron chi connectivity index (χ0n) is 11.1. The van der Waals surface area contributed by atoms with Gasteiger partial charge >= 0.3 is 5.51 Å². The number of anilines is 1. The number of benzene rings is 1. The van der Waals surface area contributed by atoms with E-state index in [0.29, 0.717) is 24.9 Å². The van der Waals surface area contributed by atoms with E-state index in [1.54, 1.807) is 11.0 Å². The summed E-state index contributed by atoms with van der Waals surface area (Å²) in [5, 5.41) is 0. The zero-order chi connectivity index (χ0) is 15.7. The first-order valence-corrected chi connectivity index (χ1v) is 8.50. The van der Waals surface area contributed by atoms with Crippen molar-refractivity contribution in [1.82, 2.24) is 0 Å². The number of rotatable bonds is 3. The summed E-state index contributed by atoms with van der Waals surface area (Å²) in [5.41, 5.74) is -5.18. The molecule has 0 unspecified atom stereocenters. The highest BCUT2D eigenvalue weighted by Crippen LogP contribution is 2.37. The normalized spacial score (nSPS) is 18.0. The maximum atomic E-state index is 12.8. The summed E-state index contributed by atoms with van der Waals surface area (Å²) < 4.78 is 61.6. The van der Waals surface area contributed by atoms with Crippen LogP contribution in [-0.2, 0) is 9.84 Å². The molecule has 2 rings (SSSR count). The molecule has 1 aliphatic rings. The number of hydrogen-bond acceptors (Lipinski definition) is 3. The van der Waals surface area contributed by atoms with Crippen LogP contribution >= 0.6 is 11.6 Å². The fourth-order valence-corrected chi connectivity index (χ4v) is 3.69. The standard InChI is InChI=1S/C13H15ClF3NO2S/c14-9-10-5-7-18(8-6-10)11-3-1-2-4-12(11)21(19,20)13(15,16)17/h1-4,10H,5-9H2. The maximum Gasteiger partial charge on any atom is 0.501 e. The Morgan fingerprint density at radius 3 is 2.29 bits per heavy atom. The monoisotopic (exact) mass is 341 g/mol. The van der Waals surface area contributed by atoms with Gasteiger partial charge in [0.05, 0.1) is 10.6 Å². The lowest BCUT2D eigenvalue weighted by Crippen LogP contribution is -2.36. The number of piperidine rings is 1. The summed E-state index contributed by atoms with van der Waals surface area (Å²) in [6, 6.07) is 5.26. The second-order valence-corrected chi connectivity index (χ2v) is 7.22. The van der Waals surface area contributed by atoms with Crippen molar-refractivity contribution in [2.45, 2.75) is 23.2 Å². The molecule has 1 aromatic rings. The predicted molar refractivity (Wildman–Crippen MR) is 75.3 cm³/mol. The van der Waals surface area contributed by atoms with Crippen LogP contribution in [0.3, 0.4) is 0 Å². The minimum Gasteiger partial charge on any atom is -0.370 e. The van der Waals surface area contributed by atoms with Crippen LogP contribution in [0.25, 0.3) is 0 Å². The summed E-state index contributed by atoms with van der Waals surface area (Å²) in [5.74, 6) is 0.838. The van der Waals surface area contributed by atoms with Crippen LogP contribution in [-0.4, -0.2) is 32.9 Å². The van der Waals surface area contributed by atoms with Gasteiger partial charge < -0.3 is 4.90 Å². The van der Waals surface area contributed by atoms with E-state index in [1.807, 2.05) is 0 Å². The van der Waals surface area contributed by atoms with E-state index < -0.39 is 20.2 Å². The molecule has 0 N–H and O–H groups in total. The average molecular weight is 342 g/mol. The van der Waals surface area contributed by atoms with Crippen LogP contribution < -0.4 is 4.90 Å². The third-order valence-electron chi connectivity index (χ3n) is 3.63. The molecule has 0 aromatic heterocycles. The molecular weight excluding hydrogens is 327 g/mol. The minimum absolute atomic E-state index is 0.114. The topological polar surface area (TPSA) is 37.4 Å². The Labute approximate surface area is 126 Å². The van der Waals surface area contributed by atoms with Crippen molar-refractivity contribution in [2.75, 3.05) is 23.9 Å². The van der Waals surface area contributed by atoms with E-state index in [-0.39, 0.29) is 5.69 Å². The minimum atomic E-state index is -5.34. The van der Waals surface area contributed by atoms with E-state index in [4.69, 9.17) is 11.6 Å². The molecule has 1 saturated heterocycles. The summed E-state index contributed by atoms with van der Waals surface area (Å²) in [6.45, 7) is 1.00. The Kier molecular flexibility index (Phi) is 4.72. The summed E-state index contributed by atoms with van der Waals surface area (Å²) >= 11 is 5.77. The predicted octanol–water partition coefficient (Wildman–Crippen LogP) is 3.44. The molecule has 1 aromatic carbocycles. The Hall–Kier alpha value is -0.950. The van der Waals surface area contributed by atoms with Gasteiger partial charge in [0.15, 0.2) is 0 Å². The highest BCUT2D eigenvalue weighted by atomic mass is 35.5. The highest BCUT2D eigenvalue weighted by Gasteiger charge is 2.48. The van der Waals surface area contributed by atoms with E-state index in [0.717, 1.165) is 18.9 Å². The molecule has 0 amide bonds. The molecule has 0 atom stereocenters. The van der Waals surface area contributed by atoms with Crippen molar-refractivity contribution in [3.05, 3.63) is 24.3 Å². The van der Waals surface area contributed by atoms with Gasteiger partial charge in [-0.15, -0.1) is 11.6 Å². The first-order valence-electron chi connectivity index (χ1n) is 6.48. The quantitative estimate of drug-likeness (QED) is 0.790. The lowest BCUT2D eigenvalue weighted by Gasteiger charge is -2.34. The lowest BCUT2D eigenvalue weighted by molar-refractivity contribution is -0.0435. The van der Waals surface area contributed by atoms with Crippen molar-refractivity contribution in [3.8, 4) is 0 Å². The molecule has 1 fully saturated rings. The van der Waals surface area contributed by atoms with E-state index >= 15 is 0 Å². The first kappa shape index (κ1) is 16.4. The highest BCUT2D eigenvalue weighted by molar-refractivity contribution is 7.92.